The summed E-state index contributed by atoms with van der Waals surface area (Å²) in [7, 11) is 1.76. The van der Waals surface area contributed by atoms with Crippen molar-refractivity contribution in [2.45, 2.75) is 0 Å². The fourth-order valence-corrected chi connectivity index (χ4v) is 2.00. The van der Waals surface area contributed by atoms with Crippen molar-refractivity contribution < 1.29 is 0 Å². The lowest BCUT2D eigenvalue weighted by Crippen LogP contribution is -2.49. The third-order valence-electron chi connectivity index (χ3n) is 2.92. The molecule has 0 saturated carbocycles. The Balaban J connectivity index is 2.20. The van der Waals surface area contributed by atoms with Gasteiger partial charge in [-0.3, -0.25) is 5.41 Å². The van der Waals surface area contributed by atoms with Crippen LogP contribution < -0.4 is 10.7 Å². The van der Waals surface area contributed by atoms with Gasteiger partial charge in [0, 0.05) is 38.8 Å². The highest BCUT2D eigenvalue weighted by atomic mass is 15.3. The van der Waals surface area contributed by atoms with E-state index in [9.17, 15) is 0 Å². The van der Waals surface area contributed by atoms with Crippen LogP contribution in [-0.4, -0.2) is 49.7 Å². The molecule has 0 bridgehead atoms. The van der Waals surface area contributed by atoms with E-state index in [-0.39, 0.29) is 0 Å². The van der Waals surface area contributed by atoms with Crippen molar-refractivity contribution in [2.75, 3.05) is 33.2 Å². The molecule has 1 heterocycles. The van der Waals surface area contributed by atoms with Gasteiger partial charge in [0.05, 0.1) is 0 Å². The van der Waals surface area contributed by atoms with Crippen molar-refractivity contribution in [3.63, 3.8) is 0 Å². The average Bonchev–Trinajstić information content (AvgIpc) is 2.46. The Morgan fingerprint density at radius 3 is 2.56 bits per heavy atom. The SMILES string of the molecule is CN/N=C(\C(=N)c1ccccc1)N1CCNCC1. The minimum atomic E-state index is 0.465. The third-order valence-corrected chi connectivity index (χ3v) is 2.92. The first-order valence-electron chi connectivity index (χ1n) is 6.17. The summed E-state index contributed by atoms with van der Waals surface area (Å²) in [6, 6.07) is 9.72. The van der Waals surface area contributed by atoms with E-state index in [4.69, 9.17) is 5.41 Å². The molecule has 0 spiro atoms. The Hall–Kier alpha value is -1.88. The van der Waals surface area contributed by atoms with E-state index in [1.165, 1.54) is 0 Å². The van der Waals surface area contributed by atoms with E-state index >= 15 is 0 Å². The summed E-state index contributed by atoms with van der Waals surface area (Å²) >= 11 is 0. The van der Waals surface area contributed by atoms with Gasteiger partial charge in [0.15, 0.2) is 5.84 Å². The van der Waals surface area contributed by atoms with Crippen molar-refractivity contribution in [2.24, 2.45) is 5.10 Å². The highest BCUT2D eigenvalue weighted by Gasteiger charge is 2.19. The molecule has 5 nitrogen and oxygen atoms in total. The second-order valence-corrected chi connectivity index (χ2v) is 4.14. The van der Waals surface area contributed by atoms with Gasteiger partial charge in [-0.2, -0.15) is 5.10 Å². The number of hydrogen-bond acceptors (Lipinski definition) is 4. The van der Waals surface area contributed by atoms with E-state index in [1.54, 1.807) is 7.05 Å². The maximum Gasteiger partial charge on any atom is 0.174 e. The summed E-state index contributed by atoms with van der Waals surface area (Å²) in [6.07, 6.45) is 0. The fraction of sp³-hybridized carbons (Fsp3) is 0.385. The summed E-state index contributed by atoms with van der Waals surface area (Å²) in [4.78, 5) is 2.14. The lowest BCUT2D eigenvalue weighted by Gasteiger charge is -2.30. The molecule has 1 aromatic rings. The van der Waals surface area contributed by atoms with E-state index in [0.29, 0.717) is 11.5 Å². The molecule has 1 aliphatic heterocycles. The number of hydrazone groups is 1. The van der Waals surface area contributed by atoms with Gasteiger partial charge in [-0.15, -0.1) is 0 Å². The second-order valence-electron chi connectivity index (χ2n) is 4.14. The van der Waals surface area contributed by atoms with Gasteiger partial charge in [0.25, 0.3) is 0 Å². The van der Waals surface area contributed by atoms with Crippen LogP contribution in [0.5, 0.6) is 0 Å². The minimum absolute atomic E-state index is 0.465. The number of benzene rings is 1. The first-order valence-corrected chi connectivity index (χ1v) is 6.17. The van der Waals surface area contributed by atoms with E-state index in [0.717, 1.165) is 31.7 Å². The van der Waals surface area contributed by atoms with Crippen LogP contribution in [0.4, 0.5) is 0 Å². The molecule has 1 aliphatic rings. The molecule has 5 heteroatoms. The van der Waals surface area contributed by atoms with Gasteiger partial charge in [-0.1, -0.05) is 30.3 Å². The van der Waals surface area contributed by atoms with Gasteiger partial charge < -0.3 is 15.6 Å². The van der Waals surface area contributed by atoms with Crippen LogP contribution in [0.3, 0.4) is 0 Å². The van der Waals surface area contributed by atoms with Crippen LogP contribution in [-0.2, 0) is 0 Å². The Morgan fingerprint density at radius 1 is 1.28 bits per heavy atom. The van der Waals surface area contributed by atoms with Crippen molar-refractivity contribution in [1.82, 2.24) is 15.6 Å². The molecule has 96 valence electrons. The zero-order valence-corrected chi connectivity index (χ0v) is 10.6. The molecule has 0 radical (unpaired) electrons. The molecule has 0 amide bonds. The van der Waals surface area contributed by atoms with Crippen LogP contribution in [0.2, 0.25) is 0 Å². The molecular weight excluding hydrogens is 226 g/mol. The summed E-state index contributed by atoms with van der Waals surface area (Å²) in [5, 5.41) is 15.9. The maximum absolute atomic E-state index is 8.29. The van der Waals surface area contributed by atoms with Gasteiger partial charge in [0.1, 0.15) is 5.71 Å². The van der Waals surface area contributed by atoms with Crippen molar-refractivity contribution in [3.8, 4) is 0 Å². The monoisotopic (exact) mass is 245 g/mol. The van der Waals surface area contributed by atoms with Crippen LogP contribution in [0.1, 0.15) is 5.56 Å². The van der Waals surface area contributed by atoms with Gasteiger partial charge in [0.2, 0.25) is 0 Å². The zero-order valence-electron chi connectivity index (χ0n) is 10.6. The molecular formula is C13H19N5. The average molecular weight is 245 g/mol. The maximum atomic E-state index is 8.29. The molecule has 18 heavy (non-hydrogen) atoms. The first kappa shape index (κ1) is 12.6. The second kappa shape index (κ2) is 6.16. The molecule has 0 atom stereocenters. The summed E-state index contributed by atoms with van der Waals surface area (Å²) in [6.45, 7) is 3.64. The summed E-state index contributed by atoms with van der Waals surface area (Å²) in [5.41, 5.74) is 4.16. The topological polar surface area (TPSA) is 63.5 Å². The minimum Gasteiger partial charge on any atom is -0.351 e. The predicted octanol–water partition coefficient (Wildman–Crippen LogP) is 0.493. The Labute approximate surface area is 107 Å². The molecule has 1 saturated heterocycles. The Morgan fingerprint density at radius 2 is 1.94 bits per heavy atom. The Bertz CT molecular complexity index is 420. The van der Waals surface area contributed by atoms with E-state index in [1.807, 2.05) is 30.3 Å². The largest absolute Gasteiger partial charge is 0.351 e. The van der Waals surface area contributed by atoms with Crippen LogP contribution in [0.25, 0.3) is 0 Å². The first-order chi connectivity index (χ1) is 8.83. The van der Waals surface area contributed by atoms with Gasteiger partial charge >= 0.3 is 0 Å². The molecule has 2 rings (SSSR count). The van der Waals surface area contributed by atoms with Crippen LogP contribution in [0, 0.1) is 5.41 Å². The number of piperazine rings is 1. The highest BCUT2D eigenvalue weighted by molar-refractivity contribution is 6.46. The predicted molar refractivity (Wildman–Crippen MR) is 74.2 cm³/mol. The van der Waals surface area contributed by atoms with Gasteiger partial charge in [-0.05, 0) is 0 Å². The number of nitrogens with one attached hydrogen (secondary N) is 3. The highest BCUT2D eigenvalue weighted by Crippen LogP contribution is 2.05. The normalized spacial score (nSPS) is 16.5. The Kier molecular flexibility index (Phi) is 4.30. The smallest absolute Gasteiger partial charge is 0.174 e. The van der Waals surface area contributed by atoms with E-state index < -0.39 is 0 Å². The molecule has 0 aliphatic carbocycles. The quantitative estimate of drug-likeness (QED) is 0.412. The third kappa shape index (κ3) is 2.87. The van der Waals surface area contributed by atoms with Crippen LogP contribution >= 0.6 is 0 Å². The number of amidine groups is 1. The van der Waals surface area contributed by atoms with Crippen molar-refractivity contribution >= 4 is 11.5 Å². The zero-order chi connectivity index (χ0) is 12.8. The molecule has 0 unspecified atom stereocenters. The molecule has 0 aromatic heterocycles. The van der Waals surface area contributed by atoms with E-state index in [2.05, 4.69) is 20.7 Å². The molecule has 1 aromatic carbocycles. The number of hydrogen-bond donors (Lipinski definition) is 3. The standard InChI is InChI=1S/C13H19N5/c1-15-17-13(18-9-7-16-8-10-18)12(14)11-5-3-2-4-6-11/h2-6,14-16H,7-10H2,1H3/b14-12?,17-13+. The van der Waals surface area contributed by atoms with Crippen molar-refractivity contribution in [1.29, 1.82) is 5.41 Å². The fourth-order valence-electron chi connectivity index (χ4n) is 2.00. The van der Waals surface area contributed by atoms with Crippen molar-refractivity contribution in [3.05, 3.63) is 35.9 Å². The lowest BCUT2D eigenvalue weighted by molar-refractivity contribution is 0.359. The lowest BCUT2D eigenvalue weighted by atomic mass is 10.1. The number of rotatable bonds is 3. The summed E-state index contributed by atoms with van der Waals surface area (Å²) in [5.74, 6) is 0.713. The number of nitrogens with zero attached hydrogens (tertiary/aromatic N) is 2. The molecule has 3 N–H and O–H groups in total. The van der Waals surface area contributed by atoms with Gasteiger partial charge in [-0.25, -0.2) is 0 Å². The summed E-state index contributed by atoms with van der Waals surface area (Å²) < 4.78 is 0. The van der Waals surface area contributed by atoms with Crippen LogP contribution in [0.15, 0.2) is 35.4 Å². The molecule has 1 fully saturated rings.